The predicted molar refractivity (Wildman–Crippen MR) is 102 cm³/mol. The van der Waals surface area contributed by atoms with Crippen LogP contribution < -0.4 is 10.6 Å². The summed E-state index contributed by atoms with van der Waals surface area (Å²) in [7, 11) is 0. The van der Waals surface area contributed by atoms with Crippen LogP contribution in [0.25, 0.3) is 0 Å². The highest BCUT2D eigenvalue weighted by Gasteiger charge is 2.55. The maximum absolute atomic E-state index is 13.9. The third-order valence-corrected chi connectivity index (χ3v) is 6.94. The van der Waals surface area contributed by atoms with Gasteiger partial charge in [-0.15, -0.1) is 0 Å². The summed E-state index contributed by atoms with van der Waals surface area (Å²) >= 11 is 0. The summed E-state index contributed by atoms with van der Waals surface area (Å²) in [5.41, 5.74) is -0.426. The summed E-state index contributed by atoms with van der Waals surface area (Å²) in [5, 5.41) is 5.48. The Labute approximate surface area is 164 Å². The molecule has 0 radical (unpaired) electrons. The van der Waals surface area contributed by atoms with Gasteiger partial charge in [-0.2, -0.15) is 0 Å². The van der Waals surface area contributed by atoms with Crippen LogP contribution in [0, 0.1) is 40.7 Å². The smallest absolute Gasteiger partial charge is 0.247 e. The average Bonchev–Trinajstić information content (AvgIpc) is 2.60. The molecule has 4 fully saturated rings. The normalized spacial score (nSPS) is 31.7. The summed E-state index contributed by atoms with van der Waals surface area (Å²) in [5.74, 6) is -0.279. The molecule has 152 valence electrons. The number of amides is 2. The van der Waals surface area contributed by atoms with Crippen molar-refractivity contribution in [1.29, 1.82) is 0 Å². The van der Waals surface area contributed by atoms with E-state index in [9.17, 15) is 18.4 Å². The number of hydrogen-bond donors (Lipinski definition) is 2. The Morgan fingerprint density at radius 2 is 1.61 bits per heavy atom. The Hall–Kier alpha value is -1.98. The van der Waals surface area contributed by atoms with Gasteiger partial charge < -0.3 is 10.6 Å². The zero-order chi connectivity index (χ0) is 20.1. The van der Waals surface area contributed by atoms with E-state index < -0.39 is 23.6 Å². The Balaban J connectivity index is 1.47. The Morgan fingerprint density at radius 3 is 2.11 bits per heavy atom. The Morgan fingerprint density at radius 1 is 1.04 bits per heavy atom. The lowest BCUT2D eigenvalue weighted by Gasteiger charge is -2.55. The van der Waals surface area contributed by atoms with Crippen molar-refractivity contribution in [2.75, 3.05) is 5.32 Å². The maximum atomic E-state index is 13.9. The van der Waals surface area contributed by atoms with Crippen molar-refractivity contribution in [1.82, 2.24) is 5.32 Å². The lowest BCUT2D eigenvalue weighted by molar-refractivity contribution is -0.148. The number of carbonyl (C=O) groups excluding carboxylic acids is 2. The van der Waals surface area contributed by atoms with Crippen molar-refractivity contribution in [2.24, 2.45) is 29.1 Å². The van der Waals surface area contributed by atoms with E-state index in [2.05, 4.69) is 10.6 Å². The number of hydrogen-bond acceptors (Lipinski definition) is 2. The third kappa shape index (κ3) is 3.53. The molecule has 4 aliphatic carbocycles. The first-order valence-corrected chi connectivity index (χ1v) is 10.3. The van der Waals surface area contributed by atoms with Crippen LogP contribution in [0.5, 0.6) is 0 Å². The van der Waals surface area contributed by atoms with Crippen LogP contribution in [0.4, 0.5) is 14.5 Å². The third-order valence-electron chi connectivity index (χ3n) is 6.94. The Bertz CT molecular complexity index is 757. The fourth-order valence-electron chi connectivity index (χ4n) is 6.02. The van der Waals surface area contributed by atoms with E-state index in [0.717, 1.165) is 31.4 Å². The molecule has 2 N–H and O–H groups in total. The number of benzene rings is 1. The monoisotopic (exact) mass is 390 g/mol. The molecule has 0 aliphatic heterocycles. The van der Waals surface area contributed by atoms with E-state index in [0.29, 0.717) is 17.8 Å². The second-order valence-electron chi connectivity index (χ2n) is 9.51. The zero-order valence-corrected chi connectivity index (χ0v) is 16.4. The van der Waals surface area contributed by atoms with Crippen molar-refractivity contribution < 1.29 is 18.4 Å². The topological polar surface area (TPSA) is 58.2 Å². The van der Waals surface area contributed by atoms with Crippen LogP contribution >= 0.6 is 0 Å². The molecule has 6 heteroatoms. The van der Waals surface area contributed by atoms with Crippen molar-refractivity contribution in [3.8, 4) is 0 Å². The molecule has 0 spiro atoms. The highest BCUT2D eigenvalue weighted by molar-refractivity contribution is 5.98. The first kappa shape index (κ1) is 19.3. The van der Waals surface area contributed by atoms with Crippen LogP contribution in [0.15, 0.2) is 18.2 Å². The van der Waals surface area contributed by atoms with Gasteiger partial charge in [0.15, 0.2) is 0 Å². The fourth-order valence-corrected chi connectivity index (χ4v) is 6.02. The number of carbonyl (C=O) groups is 2. The number of anilines is 1. The molecule has 0 saturated heterocycles. The van der Waals surface area contributed by atoms with Crippen LogP contribution in [-0.4, -0.2) is 17.9 Å². The van der Waals surface area contributed by atoms with E-state index in [1.807, 2.05) is 13.8 Å². The summed E-state index contributed by atoms with van der Waals surface area (Å²) in [4.78, 5) is 26.0. The predicted octanol–water partition coefficient (Wildman–Crippen LogP) is 4.26. The van der Waals surface area contributed by atoms with Gasteiger partial charge in [0.1, 0.15) is 17.7 Å². The van der Waals surface area contributed by atoms with Crippen LogP contribution in [0.2, 0.25) is 0 Å². The van der Waals surface area contributed by atoms with Crippen molar-refractivity contribution in [3.63, 3.8) is 0 Å². The first-order chi connectivity index (χ1) is 13.3. The second-order valence-corrected chi connectivity index (χ2v) is 9.51. The van der Waals surface area contributed by atoms with Crippen molar-refractivity contribution in [2.45, 2.75) is 58.4 Å². The van der Waals surface area contributed by atoms with Crippen molar-refractivity contribution >= 4 is 17.5 Å². The van der Waals surface area contributed by atoms with Crippen LogP contribution in [-0.2, 0) is 9.59 Å². The molecule has 28 heavy (non-hydrogen) atoms. The second kappa shape index (κ2) is 7.12. The van der Waals surface area contributed by atoms with E-state index in [4.69, 9.17) is 0 Å². The van der Waals surface area contributed by atoms with E-state index in [1.54, 1.807) is 0 Å². The number of halogens is 2. The van der Waals surface area contributed by atoms with E-state index >= 15 is 0 Å². The lowest BCUT2D eigenvalue weighted by atomic mass is 9.49. The molecule has 1 atom stereocenters. The quantitative estimate of drug-likeness (QED) is 0.789. The van der Waals surface area contributed by atoms with Gasteiger partial charge in [0, 0.05) is 11.5 Å². The lowest BCUT2D eigenvalue weighted by Crippen LogP contribution is -2.57. The van der Waals surface area contributed by atoms with Crippen LogP contribution in [0.1, 0.15) is 52.4 Å². The highest BCUT2D eigenvalue weighted by Crippen LogP contribution is 2.60. The molecule has 4 nitrogen and oxygen atoms in total. The Kier molecular flexibility index (Phi) is 4.92. The van der Waals surface area contributed by atoms with Crippen molar-refractivity contribution in [3.05, 3.63) is 29.8 Å². The molecule has 4 aliphatic rings. The van der Waals surface area contributed by atoms with E-state index in [-0.39, 0.29) is 22.9 Å². The molecule has 1 aromatic carbocycles. The number of nitrogens with one attached hydrogen (secondary N) is 2. The molecule has 1 aromatic rings. The minimum Gasteiger partial charge on any atom is -0.344 e. The zero-order valence-electron chi connectivity index (χ0n) is 16.4. The molecule has 2 amide bonds. The van der Waals surface area contributed by atoms with Gasteiger partial charge in [-0.3, -0.25) is 9.59 Å². The van der Waals surface area contributed by atoms with Gasteiger partial charge in [-0.05, 0) is 74.3 Å². The summed E-state index contributed by atoms with van der Waals surface area (Å²) in [6, 6.07) is 2.26. The van der Waals surface area contributed by atoms with E-state index in [1.165, 1.54) is 25.3 Å². The molecule has 0 unspecified atom stereocenters. The van der Waals surface area contributed by atoms with Crippen LogP contribution in [0.3, 0.4) is 0 Å². The maximum Gasteiger partial charge on any atom is 0.247 e. The van der Waals surface area contributed by atoms with Gasteiger partial charge in [-0.25, -0.2) is 8.78 Å². The molecule has 4 saturated carbocycles. The largest absolute Gasteiger partial charge is 0.344 e. The summed E-state index contributed by atoms with van der Waals surface area (Å²) < 4.78 is 27.0. The average molecular weight is 390 g/mol. The van der Waals surface area contributed by atoms with Gasteiger partial charge >= 0.3 is 0 Å². The van der Waals surface area contributed by atoms with Gasteiger partial charge in [0.05, 0.1) is 5.69 Å². The molecular formula is C22H28F2N2O2. The summed E-state index contributed by atoms with van der Waals surface area (Å²) in [6.45, 7) is 3.70. The fraction of sp³-hybridized carbons (Fsp3) is 0.636. The highest BCUT2D eigenvalue weighted by atomic mass is 19.1. The van der Waals surface area contributed by atoms with Gasteiger partial charge in [-0.1, -0.05) is 13.8 Å². The number of rotatable bonds is 5. The molecule has 5 rings (SSSR count). The first-order valence-electron chi connectivity index (χ1n) is 10.3. The standard InChI is InChI=1S/C22H28F2N2O2/c1-12(2)19(20(27)25-18-4-3-16(23)8-17(18)24)26-21(28)22-9-13-5-14(10-22)7-15(6-13)11-22/h3-4,8,12-15,19H,5-7,9-11H2,1-2H3,(H,25,27)(H,26,28)/t13?,14?,15?,19-,22?/m0/s1. The molecular weight excluding hydrogens is 362 g/mol. The molecule has 0 aromatic heterocycles. The molecule has 4 bridgehead atoms. The molecule has 0 heterocycles. The van der Waals surface area contributed by atoms with Gasteiger partial charge in [0.2, 0.25) is 11.8 Å². The minimum absolute atomic E-state index is 0.0278. The van der Waals surface area contributed by atoms with Gasteiger partial charge in [0.25, 0.3) is 0 Å². The SMILES string of the molecule is CC(C)[C@H](NC(=O)C12CC3CC(CC(C3)C1)C2)C(=O)Nc1ccc(F)cc1F. The minimum atomic E-state index is -0.830. The summed E-state index contributed by atoms with van der Waals surface area (Å²) in [6.07, 6.45) is 6.48.